The Hall–Kier alpha value is -2.52. The van der Waals surface area contributed by atoms with Crippen LogP contribution >= 0.6 is 0 Å². The molecule has 0 aliphatic carbocycles. The number of benzene rings is 1. The smallest absolute Gasteiger partial charge is 0.244 e. The van der Waals surface area contributed by atoms with Crippen molar-refractivity contribution in [1.29, 1.82) is 0 Å². The van der Waals surface area contributed by atoms with E-state index in [0.717, 1.165) is 48.2 Å². The van der Waals surface area contributed by atoms with Gasteiger partial charge in [-0.1, -0.05) is 12.1 Å². The predicted octanol–water partition coefficient (Wildman–Crippen LogP) is 2.37. The Morgan fingerprint density at radius 1 is 1.10 bits per heavy atom. The fourth-order valence-electron chi connectivity index (χ4n) is 3.95. The van der Waals surface area contributed by atoms with E-state index in [2.05, 4.69) is 19.7 Å². The van der Waals surface area contributed by atoms with Crippen LogP contribution < -0.4 is 9.62 Å². The fourth-order valence-corrected chi connectivity index (χ4v) is 5.36. The lowest BCUT2D eigenvalue weighted by atomic mass is 10.1. The van der Waals surface area contributed by atoms with Crippen LogP contribution in [0.5, 0.6) is 0 Å². The first kappa shape index (κ1) is 19.8. The molecule has 0 amide bonds. The minimum absolute atomic E-state index is 0.0290. The molecule has 4 rings (SSSR count). The number of fused-ring (bicyclic) bond motifs is 1. The monoisotopic (exact) mass is 414 g/mol. The number of anilines is 1. The van der Waals surface area contributed by atoms with Gasteiger partial charge in [0.2, 0.25) is 10.0 Å². The lowest BCUT2D eigenvalue weighted by Gasteiger charge is -2.20. The number of nitrogens with one attached hydrogen (secondary N) is 1. The molecule has 1 aliphatic heterocycles. The molecule has 1 aromatic carbocycles. The number of sulfonamides is 1. The molecule has 3 heterocycles. The van der Waals surface area contributed by atoms with Gasteiger partial charge in [0.1, 0.15) is 16.5 Å². The summed E-state index contributed by atoms with van der Waals surface area (Å²) in [6.45, 7) is 7.40. The molecule has 0 radical (unpaired) electrons. The molecule has 29 heavy (non-hydrogen) atoms. The van der Waals surface area contributed by atoms with E-state index in [9.17, 15) is 8.42 Å². The Morgan fingerprint density at radius 3 is 2.48 bits per heavy atom. The van der Waals surface area contributed by atoms with Gasteiger partial charge in [-0.2, -0.15) is 5.10 Å². The first-order chi connectivity index (χ1) is 13.8. The van der Waals surface area contributed by atoms with Crippen LogP contribution in [0, 0.1) is 20.8 Å². The third kappa shape index (κ3) is 3.60. The number of aromatic nitrogens is 4. The second-order valence-electron chi connectivity index (χ2n) is 7.58. The van der Waals surface area contributed by atoms with Crippen LogP contribution in [0.3, 0.4) is 0 Å². The highest BCUT2D eigenvalue weighted by atomic mass is 32.2. The fraction of sp³-hybridized carbons (Fsp3) is 0.450. The molecule has 1 N–H and O–H groups in total. The molecule has 0 unspecified atom stereocenters. The molecule has 154 valence electrons. The van der Waals surface area contributed by atoms with Gasteiger partial charge in [-0.3, -0.25) is 4.68 Å². The van der Waals surface area contributed by atoms with E-state index < -0.39 is 10.0 Å². The van der Waals surface area contributed by atoms with E-state index in [4.69, 9.17) is 4.98 Å². The summed E-state index contributed by atoms with van der Waals surface area (Å²) >= 11 is 0. The molecule has 1 fully saturated rings. The van der Waals surface area contributed by atoms with Gasteiger partial charge in [0.05, 0.1) is 23.4 Å². The third-order valence-corrected chi connectivity index (χ3v) is 7.14. The molecule has 2 aromatic heterocycles. The molecule has 8 nitrogen and oxygen atoms in total. The zero-order valence-corrected chi connectivity index (χ0v) is 18.0. The molecule has 1 saturated heterocycles. The van der Waals surface area contributed by atoms with E-state index in [-0.39, 0.29) is 11.4 Å². The standard InChI is InChI=1S/C20H26N6O2S/c1-13-8-7-9-16-18(13)22-17(23-20(16)26-10-5-6-11-26)12-21-29(27,28)19-14(2)24-25(4)15(19)3/h7-9,21H,5-6,10-12H2,1-4H3. The van der Waals surface area contributed by atoms with Crippen molar-refractivity contribution in [3.8, 4) is 0 Å². The summed E-state index contributed by atoms with van der Waals surface area (Å²) in [5, 5.41) is 5.22. The van der Waals surface area contributed by atoms with Crippen molar-refractivity contribution < 1.29 is 8.42 Å². The van der Waals surface area contributed by atoms with Crippen molar-refractivity contribution in [2.75, 3.05) is 18.0 Å². The van der Waals surface area contributed by atoms with E-state index in [1.807, 2.05) is 25.1 Å². The minimum atomic E-state index is -3.72. The zero-order valence-electron chi connectivity index (χ0n) is 17.2. The van der Waals surface area contributed by atoms with Crippen LogP contribution in [0.1, 0.15) is 35.6 Å². The number of hydrogen-bond acceptors (Lipinski definition) is 6. The Labute approximate surface area is 171 Å². The van der Waals surface area contributed by atoms with Crippen LogP contribution in [0.2, 0.25) is 0 Å². The van der Waals surface area contributed by atoms with Crippen molar-refractivity contribution in [1.82, 2.24) is 24.5 Å². The Balaban J connectivity index is 1.70. The van der Waals surface area contributed by atoms with Gasteiger partial charge >= 0.3 is 0 Å². The summed E-state index contributed by atoms with van der Waals surface area (Å²) in [5.41, 5.74) is 2.99. The van der Waals surface area contributed by atoms with Gasteiger partial charge in [0.25, 0.3) is 0 Å². The number of para-hydroxylation sites is 1. The average molecular weight is 415 g/mol. The van der Waals surface area contributed by atoms with Crippen molar-refractivity contribution >= 4 is 26.7 Å². The SMILES string of the molecule is Cc1nn(C)c(C)c1S(=O)(=O)NCc1nc(N2CCCC2)c2cccc(C)c2n1. The molecule has 0 atom stereocenters. The molecule has 0 saturated carbocycles. The predicted molar refractivity (Wildman–Crippen MR) is 112 cm³/mol. The maximum absolute atomic E-state index is 12.9. The molecule has 9 heteroatoms. The summed E-state index contributed by atoms with van der Waals surface area (Å²) in [6.07, 6.45) is 2.28. The van der Waals surface area contributed by atoms with E-state index >= 15 is 0 Å². The van der Waals surface area contributed by atoms with E-state index in [0.29, 0.717) is 17.2 Å². The molecule has 0 spiro atoms. The number of rotatable bonds is 5. The maximum Gasteiger partial charge on any atom is 0.244 e. The Bertz CT molecular complexity index is 1180. The van der Waals surface area contributed by atoms with Crippen LogP contribution in [-0.2, 0) is 23.6 Å². The van der Waals surface area contributed by atoms with Gasteiger partial charge in [-0.25, -0.2) is 23.1 Å². The summed E-state index contributed by atoms with van der Waals surface area (Å²) in [4.78, 5) is 11.9. The normalized spacial score (nSPS) is 14.8. The second kappa shape index (κ2) is 7.38. The second-order valence-corrected chi connectivity index (χ2v) is 9.28. The van der Waals surface area contributed by atoms with Gasteiger partial charge < -0.3 is 4.90 Å². The Kier molecular flexibility index (Phi) is 5.04. The van der Waals surface area contributed by atoms with Crippen molar-refractivity contribution in [2.45, 2.75) is 45.1 Å². The lowest BCUT2D eigenvalue weighted by Crippen LogP contribution is -2.26. The van der Waals surface area contributed by atoms with Gasteiger partial charge in [-0.05, 0) is 45.2 Å². The Morgan fingerprint density at radius 2 is 1.83 bits per heavy atom. The number of nitrogens with zero attached hydrogens (tertiary/aromatic N) is 5. The largest absolute Gasteiger partial charge is 0.356 e. The molecule has 0 bridgehead atoms. The van der Waals surface area contributed by atoms with Crippen molar-refractivity contribution in [3.05, 3.63) is 41.0 Å². The first-order valence-corrected chi connectivity index (χ1v) is 11.3. The molecular weight excluding hydrogens is 388 g/mol. The summed E-state index contributed by atoms with van der Waals surface area (Å²) < 4.78 is 30.0. The first-order valence-electron chi connectivity index (χ1n) is 9.79. The maximum atomic E-state index is 12.9. The van der Waals surface area contributed by atoms with Gasteiger partial charge in [0.15, 0.2) is 0 Å². The summed E-state index contributed by atoms with van der Waals surface area (Å²) in [5.74, 6) is 1.36. The highest BCUT2D eigenvalue weighted by Gasteiger charge is 2.25. The molecular formula is C20H26N6O2S. The third-order valence-electron chi connectivity index (χ3n) is 5.49. The minimum Gasteiger partial charge on any atom is -0.356 e. The quantitative estimate of drug-likeness (QED) is 0.689. The summed E-state index contributed by atoms with van der Waals surface area (Å²) in [6, 6.07) is 6.06. The average Bonchev–Trinajstić information content (AvgIpc) is 3.29. The number of aryl methyl sites for hydroxylation is 3. The van der Waals surface area contributed by atoms with Crippen LogP contribution in [0.15, 0.2) is 23.1 Å². The van der Waals surface area contributed by atoms with Gasteiger partial charge in [-0.15, -0.1) is 0 Å². The van der Waals surface area contributed by atoms with E-state index in [1.54, 1.807) is 25.6 Å². The molecule has 3 aromatic rings. The van der Waals surface area contributed by atoms with Crippen molar-refractivity contribution in [2.24, 2.45) is 7.05 Å². The lowest BCUT2D eigenvalue weighted by molar-refractivity contribution is 0.577. The van der Waals surface area contributed by atoms with Crippen LogP contribution in [0.25, 0.3) is 10.9 Å². The highest BCUT2D eigenvalue weighted by molar-refractivity contribution is 7.89. The summed E-state index contributed by atoms with van der Waals surface area (Å²) in [7, 11) is -1.99. The molecule has 1 aliphatic rings. The van der Waals surface area contributed by atoms with Crippen LogP contribution in [-0.4, -0.2) is 41.3 Å². The van der Waals surface area contributed by atoms with Crippen LogP contribution in [0.4, 0.5) is 5.82 Å². The zero-order chi connectivity index (χ0) is 20.8. The van der Waals surface area contributed by atoms with Gasteiger partial charge in [0, 0.05) is 25.5 Å². The topological polar surface area (TPSA) is 93.0 Å². The van der Waals surface area contributed by atoms with E-state index in [1.165, 1.54) is 0 Å². The number of hydrogen-bond donors (Lipinski definition) is 1. The van der Waals surface area contributed by atoms with Crippen molar-refractivity contribution in [3.63, 3.8) is 0 Å². The highest BCUT2D eigenvalue weighted by Crippen LogP contribution is 2.28.